The van der Waals surface area contributed by atoms with E-state index in [0.29, 0.717) is 0 Å². The molecule has 0 aliphatic heterocycles. The van der Waals surface area contributed by atoms with Gasteiger partial charge in [-0.05, 0) is 6.92 Å². The quantitative estimate of drug-likeness (QED) is 0.728. The molecule has 8 nitrogen and oxygen atoms in total. The van der Waals surface area contributed by atoms with Crippen LogP contribution in [0.3, 0.4) is 0 Å². The smallest absolute Gasteiger partial charge is 0.243 e. The van der Waals surface area contributed by atoms with Crippen molar-refractivity contribution in [3.8, 4) is 11.8 Å². The number of ether oxygens (including phenoxy) is 2. The fourth-order valence-electron chi connectivity index (χ4n) is 0.985. The highest BCUT2D eigenvalue weighted by atomic mass is 32.2. The monoisotopic (exact) mass is 277 g/mol. The molecule has 0 fully saturated rings. The normalized spacial score (nSPS) is 12.9. The van der Waals surface area contributed by atoms with Gasteiger partial charge < -0.3 is 14.6 Å². The van der Waals surface area contributed by atoms with Crippen LogP contribution >= 0.6 is 0 Å². The molecule has 1 atom stereocenters. The molecule has 1 aromatic heterocycles. The number of nitrogens with one attached hydrogen (secondary N) is 1. The SMILES string of the molecule is COc1cc(OC)nc(NS(=O)(=O)C(C)CO)n1. The first-order chi connectivity index (χ1) is 8.42. The molecule has 1 rings (SSSR count). The van der Waals surface area contributed by atoms with Crippen LogP contribution in [-0.4, -0.2) is 49.6 Å². The number of hydrogen-bond acceptors (Lipinski definition) is 7. The fraction of sp³-hybridized carbons (Fsp3) is 0.556. The van der Waals surface area contributed by atoms with Crippen molar-refractivity contribution in [2.24, 2.45) is 0 Å². The highest BCUT2D eigenvalue weighted by Crippen LogP contribution is 2.18. The summed E-state index contributed by atoms with van der Waals surface area (Å²) in [6.45, 7) is 0.857. The lowest BCUT2D eigenvalue weighted by atomic mass is 10.5. The highest BCUT2D eigenvalue weighted by molar-refractivity contribution is 7.93. The summed E-state index contributed by atoms with van der Waals surface area (Å²) in [5.41, 5.74) is 0. The zero-order valence-corrected chi connectivity index (χ0v) is 11.1. The standard InChI is InChI=1S/C9H15N3O5S/c1-6(5-13)18(14,15)12-9-10-7(16-2)4-8(11-9)17-3/h4,6,13H,5H2,1-3H3,(H,10,11,12). The van der Waals surface area contributed by atoms with E-state index >= 15 is 0 Å². The average molecular weight is 277 g/mol. The van der Waals surface area contributed by atoms with Gasteiger partial charge in [-0.15, -0.1) is 0 Å². The van der Waals surface area contributed by atoms with E-state index in [1.54, 1.807) is 0 Å². The van der Waals surface area contributed by atoms with Crippen LogP contribution in [0.1, 0.15) is 6.92 Å². The summed E-state index contributed by atoms with van der Waals surface area (Å²) in [6, 6.07) is 1.41. The molecule has 0 saturated heterocycles. The first-order valence-corrected chi connectivity index (χ1v) is 6.57. The third-order valence-electron chi connectivity index (χ3n) is 2.12. The zero-order chi connectivity index (χ0) is 13.8. The number of sulfonamides is 1. The average Bonchev–Trinajstić information content (AvgIpc) is 2.36. The Bertz CT molecular complexity index is 483. The van der Waals surface area contributed by atoms with Gasteiger partial charge >= 0.3 is 0 Å². The van der Waals surface area contributed by atoms with E-state index in [9.17, 15) is 8.42 Å². The Labute approximate surface area is 105 Å². The summed E-state index contributed by atoms with van der Waals surface area (Å²) in [4.78, 5) is 7.63. The third kappa shape index (κ3) is 3.44. The molecule has 18 heavy (non-hydrogen) atoms. The van der Waals surface area contributed by atoms with Gasteiger partial charge in [0.1, 0.15) is 5.25 Å². The van der Waals surface area contributed by atoms with Crippen LogP contribution in [-0.2, 0) is 10.0 Å². The lowest BCUT2D eigenvalue weighted by Gasteiger charge is -2.12. The van der Waals surface area contributed by atoms with Crippen molar-refractivity contribution in [3.05, 3.63) is 6.07 Å². The lowest BCUT2D eigenvalue weighted by Crippen LogP contribution is -2.29. The highest BCUT2D eigenvalue weighted by Gasteiger charge is 2.21. The van der Waals surface area contributed by atoms with Gasteiger partial charge in [0.2, 0.25) is 27.7 Å². The summed E-state index contributed by atoms with van der Waals surface area (Å²) in [7, 11) is -0.979. The topological polar surface area (TPSA) is 111 Å². The van der Waals surface area contributed by atoms with Crippen LogP contribution in [0, 0.1) is 0 Å². The van der Waals surface area contributed by atoms with Gasteiger partial charge in [-0.3, -0.25) is 4.72 Å². The Morgan fingerprint density at radius 3 is 2.22 bits per heavy atom. The molecule has 0 aromatic carbocycles. The summed E-state index contributed by atoms with van der Waals surface area (Å²) >= 11 is 0. The predicted molar refractivity (Wildman–Crippen MR) is 64.2 cm³/mol. The number of aliphatic hydroxyl groups excluding tert-OH is 1. The number of methoxy groups -OCH3 is 2. The van der Waals surface area contributed by atoms with Crippen LogP contribution in [0.15, 0.2) is 6.07 Å². The van der Waals surface area contributed by atoms with E-state index in [-0.39, 0.29) is 17.7 Å². The van der Waals surface area contributed by atoms with Crippen molar-refractivity contribution < 1.29 is 23.0 Å². The Balaban J connectivity index is 3.04. The minimum Gasteiger partial charge on any atom is -0.481 e. The fourth-order valence-corrected chi connectivity index (χ4v) is 1.73. The van der Waals surface area contributed by atoms with Gasteiger partial charge in [-0.25, -0.2) is 8.42 Å². The second-order valence-corrected chi connectivity index (χ2v) is 5.52. The molecule has 1 heterocycles. The summed E-state index contributed by atoms with van der Waals surface area (Å²) < 4.78 is 35.3. The molecule has 0 saturated carbocycles. The van der Waals surface area contributed by atoms with Crippen LogP contribution in [0.4, 0.5) is 5.95 Å². The lowest BCUT2D eigenvalue weighted by molar-refractivity contribution is 0.296. The maximum Gasteiger partial charge on any atom is 0.243 e. The van der Waals surface area contributed by atoms with Crippen molar-refractivity contribution in [2.75, 3.05) is 25.5 Å². The number of rotatable bonds is 6. The number of anilines is 1. The molecule has 1 unspecified atom stereocenters. The Hall–Kier alpha value is -1.61. The molecule has 0 aliphatic rings. The maximum atomic E-state index is 11.7. The first-order valence-electron chi connectivity index (χ1n) is 5.02. The maximum absolute atomic E-state index is 11.7. The van der Waals surface area contributed by atoms with E-state index in [4.69, 9.17) is 14.6 Å². The molecule has 0 amide bonds. The second kappa shape index (κ2) is 5.83. The Morgan fingerprint density at radius 1 is 1.33 bits per heavy atom. The number of nitrogens with zero attached hydrogens (tertiary/aromatic N) is 2. The molecule has 2 N–H and O–H groups in total. The molecular formula is C9H15N3O5S. The molecule has 0 bridgehead atoms. The van der Waals surface area contributed by atoms with Crippen molar-refractivity contribution >= 4 is 16.0 Å². The van der Waals surface area contributed by atoms with E-state index in [1.165, 1.54) is 27.2 Å². The van der Waals surface area contributed by atoms with E-state index in [1.807, 2.05) is 0 Å². The molecule has 9 heteroatoms. The van der Waals surface area contributed by atoms with Gasteiger partial charge in [0.05, 0.1) is 26.9 Å². The van der Waals surface area contributed by atoms with Crippen molar-refractivity contribution in [3.63, 3.8) is 0 Å². The zero-order valence-electron chi connectivity index (χ0n) is 10.2. The van der Waals surface area contributed by atoms with Crippen molar-refractivity contribution in [1.82, 2.24) is 9.97 Å². The summed E-state index contributed by atoms with van der Waals surface area (Å²) in [5.74, 6) is 0.152. The predicted octanol–water partition coefficient (Wildman–Crippen LogP) is -0.384. The van der Waals surface area contributed by atoms with Crippen LogP contribution < -0.4 is 14.2 Å². The van der Waals surface area contributed by atoms with Crippen LogP contribution in [0.25, 0.3) is 0 Å². The van der Waals surface area contributed by atoms with Gasteiger partial charge in [0.25, 0.3) is 0 Å². The largest absolute Gasteiger partial charge is 0.481 e. The molecule has 0 aliphatic carbocycles. The van der Waals surface area contributed by atoms with Gasteiger partial charge in [0, 0.05) is 0 Å². The Kier molecular flexibility index (Phi) is 4.68. The molecule has 1 aromatic rings. The molecule has 0 spiro atoms. The van der Waals surface area contributed by atoms with Gasteiger partial charge in [-0.2, -0.15) is 9.97 Å². The number of aliphatic hydroxyl groups is 1. The molecule has 102 valence electrons. The first kappa shape index (κ1) is 14.5. The molecular weight excluding hydrogens is 262 g/mol. The molecule has 0 radical (unpaired) electrons. The number of aromatic nitrogens is 2. The van der Waals surface area contributed by atoms with Crippen molar-refractivity contribution in [2.45, 2.75) is 12.2 Å². The Morgan fingerprint density at radius 2 is 1.83 bits per heavy atom. The third-order valence-corrected chi connectivity index (χ3v) is 3.79. The van der Waals surface area contributed by atoms with Gasteiger partial charge in [0.15, 0.2) is 0 Å². The van der Waals surface area contributed by atoms with Crippen molar-refractivity contribution in [1.29, 1.82) is 0 Å². The second-order valence-electron chi connectivity index (χ2n) is 3.42. The van der Waals surface area contributed by atoms with E-state index in [2.05, 4.69) is 14.7 Å². The van der Waals surface area contributed by atoms with Crippen LogP contribution in [0.5, 0.6) is 11.8 Å². The van der Waals surface area contributed by atoms with E-state index < -0.39 is 21.9 Å². The van der Waals surface area contributed by atoms with Crippen LogP contribution in [0.2, 0.25) is 0 Å². The van der Waals surface area contributed by atoms with Gasteiger partial charge in [-0.1, -0.05) is 0 Å². The minimum atomic E-state index is -3.75. The number of hydrogen-bond donors (Lipinski definition) is 2. The summed E-state index contributed by atoms with van der Waals surface area (Å²) in [6.07, 6.45) is 0. The summed E-state index contributed by atoms with van der Waals surface area (Å²) in [5, 5.41) is 7.87. The van der Waals surface area contributed by atoms with E-state index in [0.717, 1.165) is 0 Å². The minimum absolute atomic E-state index is 0.163.